The fourth-order valence-corrected chi connectivity index (χ4v) is 3.01. The Hall–Kier alpha value is -1.92. The maximum atomic E-state index is 10.5. The van der Waals surface area contributed by atoms with Crippen molar-refractivity contribution in [3.63, 3.8) is 0 Å². The summed E-state index contributed by atoms with van der Waals surface area (Å²) in [6, 6.07) is 15.4. The fourth-order valence-electron chi connectivity index (χ4n) is 1.78. The first-order valence-electron chi connectivity index (χ1n) is 6.44. The van der Waals surface area contributed by atoms with Crippen LogP contribution in [-0.2, 0) is 9.59 Å². The van der Waals surface area contributed by atoms with Crippen LogP contribution in [0.15, 0.2) is 58.3 Å². The molecule has 0 fully saturated rings. The van der Waals surface area contributed by atoms with E-state index in [1.54, 1.807) is 0 Å². The van der Waals surface area contributed by atoms with Crippen LogP contribution in [0.25, 0.3) is 11.1 Å². The lowest BCUT2D eigenvalue weighted by atomic mass is 10.1. The Morgan fingerprint density at radius 1 is 0.682 bits per heavy atom. The minimum atomic E-state index is -0.830. The van der Waals surface area contributed by atoms with Crippen LogP contribution in [0.3, 0.4) is 0 Å². The summed E-state index contributed by atoms with van der Waals surface area (Å²) in [7, 11) is 0. The number of hydrogen-bond acceptors (Lipinski definition) is 4. The predicted octanol–water partition coefficient (Wildman–Crippen LogP) is 3.71. The van der Waals surface area contributed by atoms with E-state index in [2.05, 4.69) is 0 Å². The van der Waals surface area contributed by atoms with Gasteiger partial charge in [-0.15, -0.1) is 23.5 Å². The topological polar surface area (TPSA) is 74.6 Å². The van der Waals surface area contributed by atoms with E-state index in [0.717, 1.165) is 20.9 Å². The van der Waals surface area contributed by atoms with E-state index >= 15 is 0 Å². The quantitative estimate of drug-likeness (QED) is 0.752. The van der Waals surface area contributed by atoms with Gasteiger partial charge >= 0.3 is 11.9 Å². The number of benzene rings is 2. The van der Waals surface area contributed by atoms with Gasteiger partial charge in [-0.25, -0.2) is 0 Å². The van der Waals surface area contributed by atoms with Crippen LogP contribution in [-0.4, -0.2) is 33.7 Å². The van der Waals surface area contributed by atoms with Gasteiger partial charge in [0.1, 0.15) is 0 Å². The second-order valence-electron chi connectivity index (χ2n) is 4.41. The molecule has 0 bridgehead atoms. The highest BCUT2D eigenvalue weighted by atomic mass is 32.2. The first-order valence-corrected chi connectivity index (χ1v) is 8.41. The summed E-state index contributed by atoms with van der Waals surface area (Å²) in [5, 5.41) is 17.3. The number of carboxylic acid groups (broad SMARTS) is 2. The molecular formula is C16H14O4S2. The van der Waals surface area contributed by atoms with Crippen LogP contribution >= 0.6 is 23.5 Å². The summed E-state index contributed by atoms with van der Waals surface area (Å²) in [6.45, 7) is 0. The molecule has 0 aliphatic carbocycles. The van der Waals surface area contributed by atoms with Crippen molar-refractivity contribution in [2.24, 2.45) is 0 Å². The van der Waals surface area contributed by atoms with Gasteiger partial charge in [0, 0.05) is 9.79 Å². The molecular weight excluding hydrogens is 320 g/mol. The molecule has 2 rings (SSSR count). The second-order valence-corrected chi connectivity index (χ2v) is 6.51. The molecule has 22 heavy (non-hydrogen) atoms. The standard InChI is InChI=1S/C16H14O4S2/c17-15(18)9-21-13-5-1-11(2-6-13)12-3-7-14(8-4-12)22-10-16(19)20/h1-8H,9-10H2,(H,17,18)(H,19,20). The molecule has 2 aromatic carbocycles. The zero-order valence-electron chi connectivity index (χ0n) is 11.6. The number of hydrogen-bond donors (Lipinski definition) is 2. The summed E-state index contributed by atoms with van der Waals surface area (Å²) in [5.74, 6) is -1.56. The third-order valence-electron chi connectivity index (χ3n) is 2.77. The molecule has 6 heteroatoms. The number of rotatable bonds is 7. The molecule has 0 aliphatic heterocycles. The molecule has 0 heterocycles. The highest BCUT2D eigenvalue weighted by Crippen LogP contribution is 2.26. The number of aliphatic carboxylic acids is 2. The molecule has 0 radical (unpaired) electrons. The smallest absolute Gasteiger partial charge is 0.313 e. The van der Waals surface area contributed by atoms with Crippen LogP contribution in [0.5, 0.6) is 0 Å². The van der Waals surface area contributed by atoms with Gasteiger partial charge in [0.05, 0.1) is 11.5 Å². The Labute approximate surface area is 136 Å². The fraction of sp³-hybridized carbons (Fsp3) is 0.125. The Kier molecular flexibility index (Phi) is 5.91. The van der Waals surface area contributed by atoms with Gasteiger partial charge < -0.3 is 10.2 Å². The van der Waals surface area contributed by atoms with E-state index in [1.165, 1.54) is 23.5 Å². The average Bonchev–Trinajstić information content (AvgIpc) is 2.52. The van der Waals surface area contributed by atoms with E-state index in [1.807, 2.05) is 48.5 Å². The lowest BCUT2D eigenvalue weighted by Crippen LogP contribution is -1.97. The number of carboxylic acids is 2. The summed E-state index contributed by atoms with van der Waals surface area (Å²) >= 11 is 2.57. The van der Waals surface area contributed by atoms with Gasteiger partial charge in [-0.05, 0) is 35.4 Å². The summed E-state index contributed by atoms with van der Waals surface area (Å²) in [5.41, 5.74) is 2.07. The van der Waals surface area contributed by atoms with E-state index in [4.69, 9.17) is 10.2 Å². The maximum absolute atomic E-state index is 10.5. The molecule has 0 atom stereocenters. The van der Waals surface area contributed by atoms with Crippen molar-refractivity contribution in [2.75, 3.05) is 11.5 Å². The van der Waals surface area contributed by atoms with Crippen LogP contribution < -0.4 is 0 Å². The van der Waals surface area contributed by atoms with E-state index in [0.29, 0.717) is 0 Å². The molecule has 114 valence electrons. The Morgan fingerprint density at radius 2 is 1.00 bits per heavy atom. The average molecular weight is 334 g/mol. The highest BCUT2D eigenvalue weighted by Gasteiger charge is 2.03. The van der Waals surface area contributed by atoms with Gasteiger partial charge in [0.15, 0.2) is 0 Å². The molecule has 0 saturated heterocycles. The predicted molar refractivity (Wildman–Crippen MR) is 88.6 cm³/mol. The first-order chi connectivity index (χ1) is 10.5. The van der Waals surface area contributed by atoms with E-state index in [-0.39, 0.29) is 11.5 Å². The van der Waals surface area contributed by atoms with Gasteiger partial charge in [-0.3, -0.25) is 9.59 Å². The van der Waals surface area contributed by atoms with Crippen molar-refractivity contribution in [1.29, 1.82) is 0 Å². The van der Waals surface area contributed by atoms with E-state index in [9.17, 15) is 9.59 Å². The SMILES string of the molecule is O=C(O)CSc1ccc(-c2ccc(SCC(=O)O)cc2)cc1. The lowest BCUT2D eigenvalue weighted by Gasteiger charge is -2.05. The summed E-state index contributed by atoms with van der Waals surface area (Å²) in [6.07, 6.45) is 0. The summed E-state index contributed by atoms with van der Waals surface area (Å²) in [4.78, 5) is 22.9. The van der Waals surface area contributed by atoms with Crippen molar-refractivity contribution in [1.82, 2.24) is 0 Å². The normalized spacial score (nSPS) is 10.4. The van der Waals surface area contributed by atoms with Crippen molar-refractivity contribution in [3.05, 3.63) is 48.5 Å². The Morgan fingerprint density at radius 3 is 1.27 bits per heavy atom. The Balaban J connectivity index is 2.02. The van der Waals surface area contributed by atoms with E-state index < -0.39 is 11.9 Å². The molecule has 2 aromatic rings. The van der Waals surface area contributed by atoms with Crippen molar-refractivity contribution in [2.45, 2.75) is 9.79 Å². The molecule has 0 saturated carbocycles. The number of carbonyl (C=O) groups is 2. The second kappa shape index (κ2) is 7.91. The van der Waals surface area contributed by atoms with Crippen molar-refractivity contribution < 1.29 is 19.8 Å². The van der Waals surface area contributed by atoms with Gasteiger partial charge in [-0.2, -0.15) is 0 Å². The first kappa shape index (κ1) is 16.5. The molecule has 0 spiro atoms. The maximum Gasteiger partial charge on any atom is 0.313 e. The molecule has 0 unspecified atom stereocenters. The third-order valence-corrected chi connectivity index (χ3v) is 4.76. The molecule has 0 aromatic heterocycles. The monoisotopic (exact) mass is 334 g/mol. The van der Waals surface area contributed by atoms with Gasteiger partial charge in [-0.1, -0.05) is 24.3 Å². The molecule has 0 amide bonds. The largest absolute Gasteiger partial charge is 0.481 e. The minimum absolute atomic E-state index is 0.0504. The van der Waals surface area contributed by atoms with Crippen LogP contribution in [0, 0.1) is 0 Å². The van der Waals surface area contributed by atoms with Crippen LogP contribution in [0.4, 0.5) is 0 Å². The lowest BCUT2D eigenvalue weighted by molar-refractivity contribution is -0.134. The number of thioether (sulfide) groups is 2. The zero-order valence-corrected chi connectivity index (χ0v) is 13.2. The van der Waals surface area contributed by atoms with Crippen LogP contribution in [0.2, 0.25) is 0 Å². The van der Waals surface area contributed by atoms with Crippen molar-refractivity contribution in [3.8, 4) is 11.1 Å². The summed E-state index contributed by atoms with van der Waals surface area (Å²) < 4.78 is 0. The van der Waals surface area contributed by atoms with Gasteiger partial charge in [0.25, 0.3) is 0 Å². The highest BCUT2D eigenvalue weighted by molar-refractivity contribution is 8.00. The van der Waals surface area contributed by atoms with Crippen LogP contribution in [0.1, 0.15) is 0 Å². The third kappa shape index (κ3) is 5.13. The van der Waals surface area contributed by atoms with Crippen molar-refractivity contribution >= 4 is 35.5 Å². The molecule has 4 nitrogen and oxygen atoms in total. The minimum Gasteiger partial charge on any atom is -0.481 e. The Bertz CT molecular complexity index is 591. The molecule has 2 N–H and O–H groups in total. The zero-order chi connectivity index (χ0) is 15.9. The van der Waals surface area contributed by atoms with Gasteiger partial charge in [0.2, 0.25) is 0 Å². The molecule has 0 aliphatic rings.